The monoisotopic (exact) mass is 469 g/mol. The van der Waals surface area contributed by atoms with Crippen LogP contribution in [0.4, 0.5) is 5.69 Å². The molecule has 9 heteroatoms. The normalized spacial score (nSPS) is 10.9. The predicted molar refractivity (Wildman–Crippen MR) is 123 cm³/mol. The van der Waals surface area contributed by atoms with Crippen LogP contribution in [0.3, 0.4) is 0 Å². The highest BCUT2D eigenvalue weighted by molar-refractivity contribution is 6.41. The van der Waals surface area contributed by atoms with Crippen molar-refractivity contribution in [3.8, 4) is 5.75 Å². The van der Waals surface area contributed by atoms with Crippen molar-refractivity contribution in [2.45, 2.75) is 6.92 Å². The van der Waals surface area contributed by atoms with Crippen molar-refractivity contribution in [2.75, 3.05) is 5.32 Å². The summed E-state index contributed by atoms with van der Waals surface area (Å²) in [5.74, 6) is -2.29. The smallest absolute Gasteiger partial charge is 0.343 e. The number of hydrogen-bond donors (Lipinski definition) is 2. The topological polar surface area (TPSA) is 96.9 Å². The molecule has 0 radical (unpaired) electrons. The molecule has 0 fully saturated rings. The molecular formula is C23H17Cl2N3O4. The zero-order valence-electron chi connectivity index (χ0n) is 16.8. The number of hydrazone groups is 1. The molecule has 0 spiro atoms. The molecule has 0 saturated carbocycles. The third-order valence-electron chi connectivity index (χ3n) is 4.19. The molecular weight excluding hydrogens is 453 g/mol. The molecule has 2 N–H and O–H groups in total. The average molecular weight is 470 g/mol. The number of carbonyl (C=O) groups excluding carboxylic acids is 3. The maximum atomic E-state index is 12.4. The molecule has 32 heavy (non-hydrogen) atoms. The van der Waals surface area contributed by atoms with Gasteiger partial charge in [-0.25, -0.2) is 10.2 Å². The van der Waals surface area contributed by atoms with Gasteiger partial charge < -0.3 is 10.1 Å². The lowest BCUT2D eigenvalue weighted by atomic mass is 10.1. The van der Waals surface area contributed by atoms with Gasteiger partial charge in [-0.05, 0) is 49.4 Å². The zero-order chi connectivity index (χ0) is 23.1. The van der Waals surface area contributed by atoms with E-state index in [1.807, 2.05) is 0 Å². The molecule has 3 rings (SSSR count). The number of carbonyl (C=O) groups is 3. The van der Waals surface area contributed by atoms with E-state index in [0.29, 0.717) is 27.0 Å². The predicted octanol–water partition coefficient (Wildman–Crippen LogP) is 4.69. The van der Waals surface area contributed by atoms with Crippen LogP contribution in [0.2, 0.25) is 10.0 Å². The van der Waals surface area contributed by atoms with Crippen molar-refractivity contribution in [1.82, 2.24) is 5.43 Å². The van der Waals surface area contributed by atoms with Crippen LogP contribution in [-0.2, 0) is 9.59 Å². The Labute approximate surface area is 194 Å². The van der Waals surface area contributed by atoms with E-state index in [1.165, 1.54) is 6.07 Å². The Bertz CT molecular complexity index is 1210. The molecule has 0 bridgehead atoms. The number of benzene rings is 3. The lowest BCUT2D eigenvalue weighted by molar-refractivity contribution is -0.136. The highest BCUT2D eigenvalue weighted by Gasteiger charge is 2.16. The molecule has 162 valence electrons. The van der Waals surface area contributed by atoms with E-state index < -0.39 is 17.8 Å². The number of ether oxygens (including phenoxy) is 1. The number of amides is 2. The molecule has 3 aromatic rings. The summed E-state index contributed by atoms with van der Waals surface area (Å²) >= 11 is 11.9. The molecule has 0 unspecified atom stereocenters. The summed E-state index contributed by atoms with van der Waals surface area (Å²) in [5.41, 5.74) is 3.53. The van der Waals surface area contributed by atoms with Gasteiger partial charge in [-0.3, -0.25) is 9.59 Å². The first-order valence-electron chi connectivity index (χ1n) is 9.32. The van der Waals surface area contributed by atoms with E-state index in [0.717, 1.165) is 0 Å². The van der Waals surface area contributed by atoms with Crippen molar-refractivity contribution in [1.29, 1.82) is 0 Å². The van der Waals surface area contributed by atoms with Gasteiger partial charge in [0.1, 0.15) is 5.75 Å². The highest BCUT2D eigenvalue weighted by atomic mass is 35.5. The summed E-state index contributed by atoms with van der Waals surface area (Å²) in [6.07, 6.45) is 0. The number of para-hydroxylation sites is 2. The number of rotatable bonds is 5. The van der Waals surface area contributed by atoms with E-state index in [-0.39, 0.29) is 11.3 Å². The van der Waals surface area contributed by atoms with Gasteiger partial charge in [0, 0.05) is 10.6 Å². The van der Waals surface area contributed by atoms with E-state index >= 15 is 0 Å². The fourth-order valence-corrected chi connectivity index (χ4v) is 2.99. The first-order valence-corrected chi connectivity index (χ1v) is 10.1. The van der Waals surface area contributed by atoms with Crippen LogP contribution in [0.5, 0.6) is 5.75 Å². The van der Waals surface area contributed by atoms with Crippen molar-refractivity contribution >= 4 is 52.4 Å². The zero-order valence-corrected chi connectivity index (χ0v) is 18.3. The summed E-state index contributed by atoms with van der Waals surface area (Å²) in [4.78, 5) is 36.6. The minimum Gasteiger partial charge on any atom is -0.422 e. The number of nitrogens with zero attached hydrogens (tertiary/aromatic N) is 1. The van der Waals surface area contributed by atoms with Crippen LogP contribution in [-0.4, -0.2) is 23.5 Å². The molecule has 0 aromatic heterocycles. The molecule has 0 aliphatic carbocycles. The number of halogens is 2. The lowest BCUT2D eigenvalue weighted by Gasteiger charge is -2.10. The first-order chi connectivity index (χ1) is 15.3. The SMILES string of the molecule is C/C(=N\NC(=O)C(=O)Nc1ccccc1Cl)c1ccccc1OC(=O)c1cccc(Cl)c1. The standard InChI is InChI=1S/C23H17Cl2N3O4/c1-14(27-28-22(30)21(29)26-19-11-4-3-10-18(19)25)17-9-2-5-12-20(17)32-23(31)15-7-6-8-16(24)13-15/h2-13H,1H3,(H,26,29)(H,28,30)/b27-14+. The third kappa shape index (κ3) is 5.94. The van der Waals surface area contributed by atoms with Crippen LogP contribution < -0.4 is 15.5 Å². The van der Waals surface area contributed by atoms with E-state index in [9.17, 15) is 14.4 Å². The molecule has 3 aromatic carbocycles. The van der Waals surface area contributed by atoms with Crippen LogP contribution >= 0.6 is 23.2 Å². The van der Waals surface area contributed by atoms with Gasteiger partial charge in [0.25, 0.3) is 0 Å². The second-order valence-corrected chi connectivity index (χ2v) is 7.31. The number of esters is 1. The van der Waals surface area contributed by atoms with Crippen LogP contribution in [0.1, 0.15) is 22.8 Å². The summed E-state index contributed by atoms with van der Waals surface area (Å²) < 4.78 is 5.47. The van der Waals surface area contributed by atoms with Gasteiger partial charge in [0.2, 0.25) is 0 Å². The Morgan fingerprint density at radius 1 is 0.875 bits per heavy atom. The maximum absolute atomic E-state index is 12.4. The van der Waals surface area contributed by atoms with Crippen LogP contribution in [0, 0.1) is 0 Å². The molecule has 7 nitrogen and oxygen atoms in total. The fraction of sp³-hybridized carbons (Fsp3) is 0.0435. The number of hydrogen-bond acceptors (Lipinski definition) is 5. The van der Waals surface area contributed by atoms with E-state index in [2.05, 4.69) is 15.8 Å². The summed E-state index contributed by atoms with van der Waals surface area (Å²) in [6, 6.07) is 19.5. The Balaban J connectivity index is 1.70. The quantitative estimate of drug-likeness (QED) is 0.186. The third-order valence-corrected chi connectivity index (χ3v) is 4.76. The van der Waals surface area contributed by atoms with Crippen LogP contribution in [0.15, 0.2) is 77.9 Å². The largest absolute Gasteiger partial charge is 0.422 e. The van der Waals surface area contributed by atoms with Gasteiger partial charge in [-0.2, -0.15) is 5.10 Å². The van der Waals surface area contributed by atoms with E-state index in [4.69, 9.17) is 27.9 Å². The first kappa shape index (κ1) is 23.0. The Hall–Kier alpha value is -3.68. The minimum absolute atomic E-state index is 0.230. The van der Waals surface area contributed by atoms with Crippen LogP contribution in [0.25, 0.3) is 0 Å². The Morgan fingerprint density at radius 3 is 2.34 bits per heavy atom. The fourth-order valence-electron chi connectivity index (χ4n) is 2.62. The second-order valence-electron chi connectivity index (χ2n) is 6.47. The average Bonchev–Trinajstić information content (AvgIpc) is 2.79. The summed E-state index contributed by atoms with van der Waals surface area (Å²) in [6.45, 7) is 1.60. The maximum Gasteiger partial charge on any atom is 0.343 e. The Morgan fingerprint density at radius 2 is 1.59 bits per heavy atom. The molecule has 2 amide bonds. The minimum atomic E-state index is -0.988. The molecule has 0 aliphatic rings. The molecule has 0 aliphatic heterocycles. The van der Waals surface area contributed by atoms with E-state index in [1.54, 1.807) is 73.7 Å². The summed E-state index contributed by atoms with van der Waals surface area (Å²) in [7, 11) is 0. The lowest BCUT2D eigenvalue weighted by Crippen LogP contribution is -2.33. The summed E-state index contributed by atoms with van der Waals surface area (Å²) in [5, 5.41) is 7.05. The number of nitrogens with one attached hydrogen (secondary N) is 2. The molecule has 0 saturated heterocycles. The number of anilines is 1. The van der Waals surface area contributed by atoms with Gasteiger partial charge in [0.05, 0.1) is 22.0 Å². The van der Waals surface area contributed by atoms with Crippen molar-refractivity contribution in [3.05, 3.63) is 94.0 Å². The Kier molecular flexibility index (Phi) is 7.59. The van der Waals surface area contributed by atoms with Gasteiger partial charge in [-0.15, -0.1) is 0 Å². The molecule has 0 atom stereocenters. The second kappa shape index (κ2) is 10.6. The highest BCUT2D eigenvalue weighted by Crippen LogP contribution is 2.22. The van der Waals surface area contributed by atoms with Crippen molar-refractivity contribution < 1.29 is 19.1 Å². The van der Waals surface area contributed by atoms with Crippen molar-refractivity contribution in [2.24, 2.45) is 5.10 Å². The van der Waals surface area contributed by atoms with Gasteiger partial charge in [0.15, 0.2) is 0 Å². The molecule has 0 heterocycles. The van der Waals surface area contributed by atoms with Gasteiger partial charge in [-0.1, -0.05) is 53.5 Å². The van der Waals surface area contributed by atoms with Crippen molar-refractivity contribution in [3.63, 3.8) is 0 Å². The van der Waals surface area contributed by atoms with Gasteiger partial charge >= 0.3 is 17.8 Å².